The molecule has 3 rings (SSSR count). The second kappa shape index (κ2) is 5.32. The molecule has 0 spiro atoms. The molecule has 3 fully saturated rings. The fraction of sp³-hybridized carbons (Fsp3) is 0.941. The summed E-state index contributed by atoms with van der Waals surface area (Å²) in [7, 11) is 0. The van der Waals surface area contributed by atoms with Crippen LogP contribution >= 0.6 is 0 Å². The molecule has 3 aliphatic carbocycles. The van der Waals surface area contributed by atoms with E-state index in [1.807, 2.05) is 0 Å². The summed E-state index contributed by atoms with van der Waals surface area (Å²) in [6.07, 6.45) is 8.40. The molecule has 114 valence electrons. The number of amides is 1. The largest absolute Gasteiger partial charge is 0.355 e. The van der Waals surface area contributed by atoms with Gasteiger partial charge in [0.2, 0.25) is 5.91 Å². The molecule has 0 radical (unpaired) electrons. The molecule has 0 aliphatic heterocycles. The Morgan fingerprint density at radius 2 is 1.85 bits per heavy atom. The lowest BCUT2D eigenvalue weighted by atomic mass is 9.65. The van der Waals surface area contributed by atoms with Crippen LogP contribution in [0.2, 0.25) is 0 Å². The van der Waals surface area contributed by atoms with Gasteiger partial charge in [-0.1, -0.05) is 20.3 Å². The monoisotopic (exact) mass is 278 g/mol. The van der Waals surface area contributed by atoms with Crippen molar-refractivity contribution < 1.29 is 4.79 Å². The van der Waals surface area contributed by atoms with Gasteiger partial charge in [-0.2, -0.15) is 0 Å². The van der Waals surface area contributed by atoms with Gasteiger partial charge in [-0.3, -0.25) is 4.79 Å². The number of fused-ring (bicyclic) bond motifs is 2. The molecule has 0 aromatic heterocycles. The Morgan fingerprint density at radius 3 is 2.35 bits per heavy atom. The molecule has 0 heterocycles. The maximum absolute atomic E-state index is 12.5. The number of carbonyl (C=O) groups is 1. The van der Waals surface area contributed by atoms with Crippen LogP contribution in [0.15, 0.2) is 0 Å². The summed E-state index contributed by atoms with van der Waals surface area (Å²) >= 11 is 0. The molecule has 3 N–H and O–H groups in total. The average Bonchev–Trinajstić information content (AvgIpc) is 3.16. The van der Waals surface area contributed by atoms with Crippen LogP contribution in [0.1, 0.15) is 58.8 Å². The molecule has 3 nitrogen and oxygen atoms in total. The van der Waals surface area contributed by atoms with E-state index in [1.165, 1.54) is 32.1 Å². The van der Waals surface area contributed by atoms with Crippen molar-refractivity contribution in [3.8, 4) is 0 Å². The van der Waals surface area contributed by atoms with E-state index in [9.17, 15) is 4.79 Å². The highest BCUT2D eigenvalue weighted by molar-refractivity contribution is 5.79. The zero-order valence-corrected chi connectivity index (χ0v) is 13.0. The second-order valence-corrected chi connectivity index (χ2v) is 7.93. The summed E-state index contributed by atoms with van der Waals surface area (Å²) in [4.78, 5) is 12.5. The van der Waals surface area contributed by atoms with E-state index >= 15 is 0 Å². The summed E-state index contributed by atoms with van der Waals surface area (Å²) in [6.45, 7) is 5.45. The molecule has 1 amide bonds. The van der Waals surface area contributed by atoms with Crippen molar-refractivity contribution in [3.63, 3.8) is 0 Å². The minimum atomic E-state index is 0.230. The average molecular weight is 278 g/mol. The van der Waals surface area contributed by atoms with Gasteiger partial charge in [-0.05, 0) is 61.7 Å². The fourth-order valence-electron chi connectivity index (χ4n) is 4.53. The number of rotatable bonds is 4. The number of hydrogen-bond acceptors (Lipinski definition) is 2. The molecule has 3 aliphatic rings. The van der Waals surface area contributed by atoms with E-state index in [0.717, 1.165) is 19.4 Å². The van der Waals surface area contributed by atoms with Crippen LogP contribution in [0, 0.1) is 29.1 Å². The molecule has 3 saturated carbocycles. The number of hydrogen-bond donors (Lipinski definition) is 2. The van der Waals surface area contributed by atoms with Crippen molar-refractivity contribution in [2.45, 2.75) is 64.8 Å². The fourth-order valence-corrected chi connectivity index (χ4v) is 4.53. The maximum Gasteiger partial charge on any atom is 0.223 e. The van der Waals surface area contributed by atoms with Crippen LogP contribution in [-0.2, 0) is 4.79 Å². The van der Waals surface area contributed by atoms with Crippen molar-refractivity contribution in [2.75, 3.05) is 6.54 Å². The van der Waals surface area contributed by atoms with E-state index in [-0.39, 0.29) is 5.92 Å². The number of nitrogens with one attached hydrogen (secondary N) is 1. The predicted octanol–water partition coefficient (Wildman–Crippen LogP) is 2.69. The minimum Gasteiger partial charge on any atom is -0.355 e. The standard InChI is InChI=1S/C17H30N2O/c1-11(2)17(6-7-17)10-19-16(20)14-8-12-4-3-5-13(9-14)15(12)18/h11-15H,3-10,18H2,1-2H3,(H,19,20). The number of carbonyl (C=O) groups excluding carboxylic acids is 1. The normalized spacial score (nSPS) is 38.6. The van der Waals surface area contributed by atoms with Crippen LogP contribution in [0.3, 0.4) is 0 Å². The quantitative estimate of drug-likeness (QED) is 0.830. The smallest absolute Gasteiger partial charge is 0.223 e. The Labute approximate surface area is 123 Å². The zero-order chi connectivity index (χ0) is 14.3. The summed E-state index contributed by atoms with van der Waals surface area (Å²) < 4.78 is 0. The van der Waals surface area contributed by atoms with E-state index in [4.69, 9.17) is 5.73 Å². The Kier molecular flexibility index (Phi) is 3.83. The summed E-state index contributed by atoms with van der Waals surface area (Å²) in [6, 6.07) is 0.359. The van der Waals surface area contributed by atoms with Crippen LogP contribution in [0.25, 0.3) is 0 Å². The highest BCUT2D eigenvalue weighted by atomic mass is 16.1. The number of nitrogens with two attached hydrogens (primary N) is 1. The lowest BCUT2D eigenvalue weighted by molar-refractivity contribution is -0.128. The molecule has 0 aromatic carbocycles. The van der Waals surface area contributed by atoms with Crippen LogP contribution in [0.5, 0.6) is 0 Å². The molecule has 20 heavy (non-hydrogen) atoms. The topological polar surface area (TPSA) is 55.1 Å². The highest BCUT2D eigenvalue weighted by Crippen LogP contribution is 2.51. The second-order valence-electron chi connectivity index (χ2n) is 7.93. The summed E-state index contributed by atoms with van der Waals surface area (Å²) in [5.74, 6) is 2.41. The van der Waals surface area contributed by atoms with Gasteiger partial charge in [0.25, 0.3) is 0 Å². The molecule has 3 heteroatoms. The van der Waals surface area contributed by atoms with Crippen molar-refractivity contribution in [2.24, 2.45) is 34.8 Å². The maximum atomic E-state index is 12.5. The van der Waals surface area contributed by atoms with Gasteiger partial charge in [-0.15, -0.1) is 0 Å². The minimum absolute atomic E-state index is 0.230. The van der Waals surface area contributed by atoms with E-state index in [0.29, 0.717) is 35.1 Å². The SMILES string of the molecule is CC(C)C1(CNC(=O)C2CC3CCCC(C2)C3N)CC1. The highest BCUT2D eigenvalue weighted by Gasteiger charge is 2.46. The molecule has 0 aromatic rings. The Balaban J connectivity index is 1.53. The lowest BCUT2D eigenvalue weighted by Crippen LogP contribution is -2.49. The van der Waals surface area contributed by atoms with E-state index in [2.05, 4.69) is 19.2 Å². The Hall–Kier alpha value is -0.570. The first-order chi connectivity index (χ1) is 9.52. The van der Waals surface area contributed by atoms with Crippen molar-refractivity contribution in [3.05, 3.63) is 0 Å². The van der Waals surface area contributed by atoms with Gasteiger partial charge >= 0.3 is 0 Å². The van der Waals surface area contributed by atoms with Crippen LogP contribution in [0.4, 0.5) is 0 Å². The van der Waals surface area contributed by atoms with Crippen molar-refractivity contribution in [1.82, 2.24) is 5.32 Å². The lowest BCUT2D eigenvalue weighted by Gasteiger charge is -2.43. The first-order valence-corrected chi connectivity index (χ1v) is 8.55. The third-order valence-electron chi connectivity index (χ3n) is 6.52. The van der Waals surface area contributed by atoms with Gasteiger partial charge in [0, 0.05) is 18.5 Å². The molecular formula is C17H30N2O. The first-order valence-electron chi connectivity index (χ1n) is 8.55. The van der Waals surface area contributed by atoms with Gasteiger partial charge in [0.1, 0.15) is 0 Å². The molecular weight excluding hydrogens is 248 g/mol. The van der Waals surface area contributed by atoms with Crippen LogP contribution < -0.4 is 11.1 Å². The van der Waals surface area contributed by atoms with Crippen LogP contribution in [-0.4, -0.2) is 18.5 Å². The molecule has 2 atom stereocenters. The Bertz CT molecular complexity index is 361. The van der Waals surface area contributed by atoms with Gasteiger partial charge in [0.15, 0.2) is 0 Å². The molecule has 0 saturated heterocycles. The van der Waals surface area contributed by atoms with Crippen molar-refractivity contribution >= 4 is 5.91 Å². The van der Waals surface area contributed by atoms with Gasteiger partial charge in [-0.25, -0.2) is 0 Å². The third-order valence-corrected chi connectivity index (χ3v) is 6.52. The third kappa shape index (κ3) is 2.61. The van der Waals surface area contributed by atoms with Gasteiger partial charge in [0.05, 0.1) is 0 Å². The summed E-state index contributed by atoms with van der Waals surface area (Å²) in [5, 5.41) is 3.26. The molecule has 2 unspecified atom stereocenters. The summed E-state index contributed by atoms with van der Waals surface area (Å²) in [5.41, 5.74) is 6.72. The van der Waals surface area contributed by atoms with E-state index < -0.39 is 0 Å². The zero-order valence-electron chi connectivity index (χ0n) is 13.0. The van der Waals surface area contributed by atoms with Crippen molar-refractivity contribution in [1.29, 1.82) is 0 Å². The van der Waals surface area contributed by atoms with E-state index in [1.54, 1.807) is 0 Å². The van der Waals surface area contributed by atoms with Gasteiger partial charge < -0.3 is 11.1 Å². The first kappa shape index (κ1) is 14.4. The molecule has 2 bridgehead atoms. The Morgan fingerprint density at radius 1 is 1.25 bits per heavy atom. The predicted molar refractivity (Wildman–Crippen MR) is 81.0 cm³/mol.